The van der Waals surface area contributed by atoms with Crippen molar-refractivity contribution in [1.82, 2.24) is 4.90 Å². The molecule has 0 spiro atoms. The van der Waals surface area contributed by atoms with Crippen LogP contribution in [0.5, 0.6) is 0 Å². The molecule has 0 aromatic carbocycles. The fourth-order valence-corrected chi connectivity index (χ4v) is 3.38. The molecule has 0 aromatic rings. The van der Waals surface area contributed by atoms with Gasteiger partial charge in [0.1, 0.15) is 0 Å². The predicted molar refractivity (Wildman–Crippen MR) is 66.4 cm³/mol. The van der Waals surface area contributed by atoms with Crippen LogP contribution in [-0.4, -0.2) is 43.3 Å². The largest absolute Gasteiger partial charge is 0.378 e. The van der Waals surface area contributed by atoms with Gasteiger partial charge in [0.05, 0.1) is 6.10 Å². The number of hydrogen-bond donors (Lipinski definition) is 1. The highest BCUT2D eigenvalue weighted by molar-refractivity contribution is 4.88. The van der Waals surface area contributed by atoms with Crippen molar-refractivity contribution in [3.8, 4) is 0 Å². The minimum Gasteiger partial charge on any atom is -0.378 e. The summed E-state index contributed by atoms with van der Waals surface area (Å²) in [5.74, 6) is 0.753. The molecular formula is C13H26N2O. The Balaban J connectivity index is 1.79. The summed E-state index contributed by atoms with van der Waals surface area (Å²) in [6.45, 7) is 6.25. The van der Waals surface area contributed by atoms with Gasteiger partial charge in [0.25, 0.3) is 0 Å². The molecule has 2 fully saturated rings. The van der Waals surface area contributed by atoms with Gasteiger partial charge in [0, 0.05) is 25.7 Å². The van der Waals surface area contributed by atoms with Gasteiger partial charge in [-0.2, -0.15) is 0 Å². The summed E-state index contributed by atoms with van der Waals surface area (Å²) in [7, 11) is 0. The first kappa shape index (κ1) is 12.3. The third-order valence-electron chi connectivity index (χ3n) is 4.27. The monoisotopic (exact) mass is 226 g/mol. The van der Waals surface area contributed by atoms with Crippen LogP contribution in [0.25, 0.3) is 0 Å². The van der Waals surface area contributed by atoms with E-state index in [1.807, 2.05) is 0 Å². The summed E-state index contributed by atoms with van der Waals surface area (Å²) in [4.78, 5) is 2.67. The van der Waals surface area contributed by atoms with Crippen LogP contribution < -0.4 is 5.73 Å². The molecule has 2 rings (SSSR count). The van der Waals surface area contributed by atoms with Crippen LogP contribution in [0.3, 0.4) is 0 Å². The molecule has 94 valence electrons. The maximum atomic E-state index is 5.85. The van der Waals surface area contributed by atoms with E-state index >= 15 is 0 Å². The van der Waals surface area contributed by atoms with Crippen LogP contribution in [0.1, 0.15) is 39.0 Å². The Morgan fingerprint density at radius 2 is 1.94 bits per heavy atom. The molecule has 1 aliphatic heterocycles. The zero-order chi connectivity index (χ0) is 11.4. The normalized spacial score (nSPS) is 33.4. The van der Waals surface area contributed by atoms with Gasteiger partial charge < -0.3 is 10.5 Å². The lowest BCUT2D eigenvalue weighted by Gasteiger charge is -2.38. The van der Waals surface area contributed by atoms with Crippen molar-refractivity contribution in [1.29, 1.82) is 0 Å². The van der Waals surface area contributed by atoms with Gasteiger partial charge in [0.2, 0.25) is 0 Å². The first-order valence-electron chi connectivity index (χ1n) is 6.90. The lowest BCUT2D eigenvalue weighted by molar-refractivity contribution is -0.000142. The molecule has 2 aliphatic rings. The number of nitrogens with two attached hydrogens (primary N) is 1. The lowest BCUT2D eigenvalue weighted by Crippen LogP contribution is -2.46. The molecule has 2 atom stereocenters. The Labute approximate surface area is 99.3 Å². The third kappa shape index (κ3) is 2.76. The van der Waals surface area contributed by atoms with Crippen LogP contribution in [0.2, 0.25) is 0 Å². The highest BCUT2D eigenvalue weighted by Crippen LogP contribution is 2.31. The van der Waals surface area contributed by atoms with Gasteiger partial charge >= 0.3 is 0 Å². The summed E-state index contributed by atoms with van der Waals surface area (Å²) in [5, 5.41) is 0. The molecule has 1 saturated carbocycles. The number of nitrogens with zero attached hydrogens (tertiary/aromatic N) is 1. The summed E-state index contributed by atoms with van der Waals surface area (Å²) < 4.78 is 5.70. The van der Waals surface area contributed by atoms with Crippen molar-refractivity contribution in [2.24, 2.45) is 11.7 Å². The second kappa shape index (κ2) is 5.99. The average Bonchev–Trinajstić information content (AvgIpc) is 2.78. The maximum absolute atomic E-state index is 5.85. The predicted octanol–water partition coefficient (Wildman–Crippen LogP) is 1.61. The van der Waals surface area contributed by atoms with Crippen molar-refractivity contribution in [2.45, 2.75) is 51.2 Å². The zero-order valence-corrected chi connectivity index (χ0v) is 10.5. The summed E-state index contributed by atoms with van der Waals surface area (Å²) in [5.41, 5.74) is 5.85. The maximum Gasteiger partial charge on any atom is 0.0599 e. The number of rotatable bonds is 4. The summed E-state index contributed by atoms with van der Waals surface area (Å²) in [6, 6.07) is 0.771. The second-order valence-corrected chi connectivity index (χ2v) is 5.18. The molecule has 1 heterocycles. The standard InChI is InChI=1S/C13H26N2O/c1-2-16-12-6-8-15(9-7-12)13-5-3-4-11(13)10-14/h11-13H,2-10,14H2,1H3. The van der Waals surface area contributed by atoms with Crippen molar-refractivity contribution in [3.63, 3.8) is 0 Å². The molecule has 0 bridgehead atoms. The quantitative estimate of drug-likeness (QED) is 0.791. The van der Waals surface area contributed by atoms with E-state index in [1.165, 1.54) is 45.2 Å². The van der Waals surface area contributed by atoms with Crippen molar-refractivity contribution < 1.29 is 4.74 Å². The molecule has 3 nitrogen and oxygen atoms in total. The van der Waals surface area contributed by atoms with Gasteiger partial charge in [-0.1, -0.05) is 6.42 Å². The molecular weight excluding hydrogens is 200 g/mol. The molecule has 3 heteroatoms. The molecule has 2 unspecified atom stereocenters. The van der Waals surface area contributed by atoms with E-state index in [0.29, 0.717) is 6.10 Å². The van der Waals surface area contributed by atoms with E-state index in [1.54, 1.807) is 0 Å². The van der Waals surface area contributed by atoms with Crippen LogP contribution in [0, 0.1) is 5.92 Å². The second-order valence-electron chi connectivity index (χ2n) is 5.18. The zero-order valence-electron chi connectivity index (χ0n) is 10.5. The van der Waals surface area contributed by atoms with Crippen LogP contribution in [0.4, 0.5) is 0 Å². The summed E-state index contributed by atoms with van der Waals surface area (Å²) >= 11 is 0. The summed E-state index contributed by atoms with van der Waals surface area (Å²) in [6.07, 6.45) is 7.01. The molecule has 16 heavy (non-hydrogen) atoms. The van der Waals surface area contributed by atoms with Gasteiger partial charge in [-0.25, -0.2) is 0 Å². The Morgan fingerprint density at radius 3 is 2.56 bits per heavy atom. The van der Waals surface area contributed by atoms with E-state index in [2.05, 4.69) is 11.8 Å². The first-order chi connectivity index (χ1) is 7.85. The highest BCUT2D eigenvalue weighted by Gasteiger charge is 2.33. The minimum absolute atomic E-state index is 0.513. The molecule has 1 aliphatic carbocycles. The van der Waals surface area contributed by atoms with E-state index in [-0.39, 0.29) is 0 Å². The molecule has 0 radical (unpaired) electrons. The smallest absolute Gasteiger partial charge is 0.0599 e. The average molecular weight is 226 g/mol. The fraction of sp³-hybridized carbons (Fsp3) is 1.00. The topological polar surface area (TPSA) is 38.5 Å². The van der Waals surface area contributed by atoms with E-state index in [9.17, 15) is 0 Å². The number of likely N-dealkylation sites (tertiary alicyclic amines) is 1. The van der Waals surface area contributed by atoms with Crippen LogP contribution >= 0.6 is 0 Å². The Kier molecular flexibility index (Phi) is 4.62. The van der Waals surface area contributed by atoms with Crippen molar-refractivity contribution in [3.05, 3.63) is 0 Å². The Morgan fingerprint density at radius 1 is 1.19 bits per heavy atom. The van der Waals surface area contributed by atoms with Crippen LogP contribution in [-0.2, 0) is 4.74 Å². The Hall–Kier alpha value is -0.120. The molecule has 1 saturated heterocycles. The van der Waals surface area contributed by atoms with Crippen LogP contribution in [0.15, 0.2) is 0 Å². The van der Waals surface area contributed by atoms with Gasteiger partial charge in [-0.3, -0.25) is 4.90 Å². The van der Waals surface area contributed by atoms with Gasteiger partial charge in [-0.05, 0) is 45.1 Å². The minimum atomic E-state index is 0.513. The number of piperidine rings is 1. The van der Waals surface area contributed by atoms with Crippen molar-refractivity contribution >= 4 is 0 Å². The number of hydrogen-bond acceptors (Lipinski definition) is 3. The Bertz CT molecular complexity index is 202. The van der Waals surface area contributed by atoms with E-state index in [4.69, 9.17) is 10.5 Å². The molecule has 2 N–H and O–H groups in total. The van der Waals surface area contributed by atoms with Gasteiger partial charge in [0.15, 0.2) is 0 Å². The highest BCUT2D eigenvalue weighted by atomic mass is 16.5. The van der Waals surface area contributed by atoms with Crippen molar-refractivity contribution in [2.75, 3.05) is 26.2 Å². The van der Waals surface area contributed by atoms with E-state index < -0.39 is 0 Å². The first-order valence-corrected chi connectivity index (χ1v) is 6.90. The van der Waals surface area contributed by atoms with Gasteiger partial charge in [-0.15, -0.1) is 0 Å². The SMILES string of the molecule is CCOC1CCN(C2CCCC2CN)CC1. The third-order valence-corrected chi connectivity index (χ3v) is 4.27. The molecule has 0 aromatic heterocycles. The van der Waals surface area contributed by atoms with E-state index in [0.717, 1.165) is 25.1 Å². The lowest BCUT2D eigenvalue weighted by atomic mass is 9.98. The molecule has 0 amide bonds. The number of ether oxygens (including phenoxy) is 1. The fourth-order valence-electron chi connectivity index (χ4n) is 3.38.